The van der Waals surface area contributed by atoms with Crippen LogP contribution in [0.3, 0.4) is 0 Å². The molecule has 102 valence electrons. The molecule has 18 heavy (non-hydrogen) atoms. The highest BCUT2D eigenvalue weighted by Crippen LogP contribution is 2.24. The molecule has 0 amide bonds. The van der Waals surface area contributed by atoms with Crippen molar-refractivity contribution in [1.29, 1.82) is 0 Å². The lowest BCUT2D eigenvalue weighted by Crippen LogP contribution is -2.42. The average molecular weight is 252 g/mol. The summed E-state index contributed by atoms with van der Waals surface area (Å²) in [5.41, 5.74) is 0. The predicted molar refractivity (Wildman–Crippen MR) is 70.5 cm³/mol. The molecule has 3 unspecified atom stereocenters. The zero-order valence-electron chi connectivity index (χ0n) is 11.8. The van der Waals surface area contributed by atoms with Crippen LogP contribution in [0.25, 0.3) is 0 Å². The molecule has 0 spiro atoms. The van der Waals surface area contributed by atoms with E-state index in [1.807, 2.05) is 11.7 Å². The van der Waals surface area contributed by atoms with E-state index in [4.69, 9.17) is 4.74 Å². The highest BCUT2D eigenvalue weighted by molar-refractivity contribution is 4.95. The van der Waals surface area contributed by atoms with Crippen LogP contribution in [0.1, 0.15) is 39.1 Å². The van der Waals surface area contributed by atoms with Gasteiger partial charge in [-0.15, -0.1) is 0 Å². The van der Waals surface area contributed by atoms with E-state index in [0.717, 1.165) is 25.3 Å². The first-order valence-electron chi connectivity index (χ1n) is 6.80. The number of likely N-dealkylation sites (N-methyl/N-ethyl adjacent to an activating group) is 1. The second kappa shape index (κ2) is 5.80. The van der Waals surface area contributed by atoms with E-state index < -0.39 is 0 Å². The summed E-state index contributed by atoms with van der Waals surface area (Å²) < 4.78 is 7.84. The highest BCUT2D eigenvalue weighted by Gasteiger charge is 2.32. The van der Waals surface area contributed by atoms with Crippen LogP contribution in [-0.2, 0) is 11.2 Å². The van der Waals surface area contributed by atoms with Gasteiger partial charge < -0.3 is 10.1 Å². The minimum absolute atomic E-state index is 0.285. The van der Waals surface area contributed by atoms with E-state index in [0.29, 0.717) is 18.0 Å². The number of hydrogen-bond acceptors (Lipinski definition) is 4. The average Bonchev–Trinajstić information content (AvgIpc) is 2.94. The molecule has 0 bridgehead atoms. The maximum atomic E-state index is 5.85. The largest absolute Gasteiger partial charge is 0.376 e. The summed E-state index contributed by atoms with van der Waals surface area (Å²) in [6, 6.07) is 0.658. The van der Waals surface area contributed by atoms with Crippen molar-refractivity contribution >= 4 is 0 Å². The molecule has 1 aliphatic heterocycles. The first kappa shape index (κ1) is 13.5. The van der Waals surface area contributed by atoms with Crippen molar-refractivity contribution < 1.29 is 4.74 Å². The van der Waals surface area contributed by atoms with Crippen molar-refractivity contribution in [2.45, 2.75) is 51.8 Å². The number of nitrogens with zero attached hydrogens (tertiary/aromatic N) is 3. The van der Waals surface area contributed by atoms with Crippen LogP contribution < -0.4 is 5.32 Å². The SMILES string of the molecule is CNC(Cc1ncnn1C(C)C)C1OCCC1C. The van der Waals surface area contributed by atoms with Crippen LogP contribution >= 0.6 is 0 Å². The number of aromatic nitrogens is 3. The molecule has 0 aliphatic carbocycles. The number of nitrogens with one attached hydrogen (secondary N) is 1. The van der Waals surface area contributed by atoms with E-state index in [1.165, 1.54) is 0 Å². The third-order valence-corrected chi connectivity index (χ3v) is 3.75. The zero-order valence-corrected chi connectivity index (χ0v) is 11.8. The van der Waals surface area contributed by atoms with E-state index in [1.54, 1.807) is 6.33 Å². The Bertz CT molecular complexity index is 377. The van der Waals surface area contributed by atoms with Crippen LogP contribution in [-0.4, -0.2) is 40.6 Å². The molecule has 0 radical (unpaired) electrons. The highest BCUT2D eigenvalue weighted by atomic mass is 16.5. The van der Waals surface area contributed by atoms with Gasteiger partial charge in [0.15, 0.2) is 0 Å². The fourth-order valence-electron chi connectivity index (χ4n) is 2.66. The zero-order chi connectivity index (χ0) is 13.1. The van der Waals surface area contributed by atoms with Crippen LogP contribution in [0, 0.1) is 5.92 Å². The lowest BCUT2D eigenvalue weighted by atomic mass is 9.95. The second-order valence-electron chi connectivity index (χ2n) is 5.42. The maximum Gasteiger partial charge on any atom is 0.138 e. The Kier molecular flexibility index (Phi) is 4.35. The summed E-state index contributed by atoms with van der Waals surface area (Å²) in [6.07, 6.45) is 3.94. The van der Waals surface area contributed by atoms with Crippen molar-refractivity contribution in [2.75, 3.05) is 13.7 Å². The van der Waals surface area contributed by atoms with E-state index in [2.05, 4.69) is 36.2 Å². The summed E-state index contributed by atoms with van der Waals surface area (Å²) in [4.78, 5) is 4.38. The van der Waals surface area contributed by atoms with Gasteiger partial charge in [0.1, 0.15) is 12.2 Å². The molecule has 1 aromatic rings. The van der Waals surface area contributed by atoms with Gasteiger partial charge in [-0.1, -0.05) is 6.92 Å². The van der Waals surface area contributed by atoms with Crippen LogP contribution in [0.4, 0.5) is 0 Å². The molecule has 0 aromatic carbocycles. The van der Waals surface area contributed by atoms with Gasteiger partial charge in [0.25, 0.3) is 0 Å². The standard InChI is InChI=1S/C13H24N4O/c1-9(2)17-12(15-8-16-17)7-11(14-4)13-10(3)5-6-18-13/h8-11,13-14H,5-7H2,1-4H3. The van der Waals surface area contributed by atoms with Gasteiger partial charge >= 0.3 is 0 Å². The van der Waals surface area contributed by atoms with Gasteiger partial charge in [-0.05, 0) is 33.2 Å². The van der Waals surface area contributed by atoms with Crippen molar-refractivity contribution in [3.63, 3.8) is 0 Å². The first-order chi connectivity index (χ1) is 8.63. The molecule has 2 rings (SSSR count). The Balaban J connectivity index is 2.08. The van der Waals surface area contributed by atoms with Gasteiger partial charge in [0, 0.05) is 25.1 Å². The molecule has 5 heteroatoms. The fourth-order valence-corrected chi connectivity index (χ4v) is 2.66. The summed E-state index contributed by atoms with van der Waals surface area (Å²) in [5.74, 6) is 1.64. The van der Waals surface area contributed by atoms with Gasteiger partial charge in [-0.3, -0.25) is 0 Å². The second-order valence-corrected chi connectivity index (χ2v) is 5.42. The van der Waals surface area contributed by atoms with Gasteiger partial charge in [0.05, 0.1) is 6.10 Å². The Morgan fingerprint density at radius 1 is 1.56 bits per heavy atom. The third kappa shape index (κ3) is 2.72. The van der Waals surface area contributed by atoms with Crippen molar-refractivity contribution in [3.8, 4) is 0 Å². The van der Waals surface area contributed by atoms with Crippen molar-refractivity contribution in [2.24, 2.45) is 5.92 Å². The Hall–Kier alpha value is -0.940. The molecule has 5 nitrogen and oxygen atoms in total. The van der Waals surface area contributed by atoms with Crippen molar-refractivity contribution in [1.82, 2.24) is 20.1 Å². The Morgan fingerprint density at radius 3 is 2.89 bits per heavy atom. The summed E-state index contributed by atoms with van der Waals surface area (Å²) >= 11 is 0. The molecule has 1 fully saturated rings. The van der Waals surface area contributed by atoms with Gasteiger partial charge in [-0.2, -0.15) is 5.10 Å². The summed E-state index contributed by atoms with van der Waals surface area (Å²) in [5, 5.41) is 7.66. The Labute approximate surface area is 109 Å². The molecule has 3 atom stereocenters. The predicted octanol–water partition coefficient (Wildman–Crippen LogP) is 1.41. The normalized spacial score (nSPS) is 25.8. The minimum atomic E-state index is 0.285. The van der Waals surface area contributed by atoms with Crippen molar-refractivity contribution in [3.05, 3.63) is 12.2 Å². The maximum absolute atomic E-state index is 5.85. The minimum Gasteiger partial charge on any atom is -0.376 e. The fraction of sp³-hybridized carbons (Fsp3) is 0.846. The molecule has 2 heterocycles. The molecule has 1 aliphatic rings. The monoisotopic (exact) mass is 252 g/mol. The quantitative estimate of drug-likeness (QED) is 0.861. The molecule has 1 N–H and O–H groups in total. The van der Waals surface area contributed by atoms with Crippen LogP contribution in [0.2, 0.25) is 0 Å². The number of hydrogen-bond donors (Lipinski definition) is 1. The molecular formula is C13H24N4O. The smallest absolute Gasteiger partial charge is 0.138 e. The lowest BCUT2D eigenvalue weighted by molar-refractivity contribution is 0.0624. The number of rotatable bonds is 5. The van der Waals surface area contributed by atoms with Crippen LogP contribution in [0.5, 0.6) is 0 Å². The van der Waals surface area contributed by atoms with Crippen LogP contribution in [0.15, 0.2) is 6.33 Å². The Morgan fingerprint density at radius 2 is 2.33 bits per heavy atom. The van der Waals surface area contributed by atoms with Gasteiger partial charge in [-0.25, -0.2) is 9.67 Å². The molecule has 1 saturated heterocycles. The number of ether oxygens (including phenoxy) is 1. The summed E-state index contributed by atoms with van der Waals surface area (Å²) in [7, 11) is 2.00. The lowest BCUT2D eigenvalue weighted by Gasteiger charge is -2.25. The first-order valence-corrected chi connectivity index (χ1v) is 6.80. The topological polar surface area (TPSA) is 52.0 Å². The molecule has 1 aromatic heterocycles. The van der Waals surface area contributed by atoms with E-state index in [9.17, 15) is 0 Å². The molecule has 0 saturated carbocycles. The van der Waals surface area contributed by atoms with E-state index >= 15 is 0 Å². The van der Waals surface area contributed by atoms with Gasteiger partial charge in [0.2, 0.25) is 0 Å². The molecular weight excluding hydrogens is 228 g/mol. The van der Waals surface area contributed by atoms with E-state index in [-0.39, 0.29) is 6.10 Å². The third-order valence-electron chi connectivity index (χ3n) is 3.75. The summed E-state index contributed by atoms with van der Waals surface area (Å²) in [6.45, 7) is 7.39.